The first kappa shape index (κ1) is 23.1. The Balaban J connectivity index is 1.87. The molecule has 0 aliphatic rings. The van der Waals surface area contributed by atoms with Gasteiger partial charge in [0, 0.05) is 24.0 Å². The second-order valence-corrected chi connectivity index (χ2v) is 8.67. The summed E-state index contributed by atoms with van der Waals surface area (Å²) in [6.45, 7) is 5.49. The van der Waals surface area contributed by atoms with Gasteiger partial charge in [0.2, 0.25) is 10.0 Å². The molecule has 0 atom stereocenters. The number of hydrogen-bond donors (Lipinski definition) is 3. The lowest BCUT2D eigenvalue weighted by Crippen LogP contribution is -2.43. The van der Waals surface area contributed by atoms with Crippen LogP contribution in [0.1, 0.15) is 40.3 Å². The summed E-state index contributed by atoms with van der Waals surface area (Å²) in [7, 11) is -3.75. The topological polar surface area (TPSA) is 139 Å². The van der Waals surface area contributed by atoms with Gasteiger partial charge in [-0.15, -0.1) is 0 Å². The molecule has 3 aromatic rings. The summed E-state index contributed by atoms with van der Waals surface area (Å²) >= 11 is 0. The zero-order valence-corrected chi connectivity index (χ0v) is 18.6. The van der Waals surface area contributed by atoms with E-state index in [-0.39, 0.29) is 34.8 Å². The lowest BCUT2D eigenvalue weighted by Gasteiger charge is -2.12. The fourth-order valence-corrected chi connectivity index (χ4v) is 4.21. The van der Waals surface area contributed by atoms with Crippen molar-refractivity contribution in [1.82, 2.24) is 25.4 Å². The van der Waals surface area contributed by atoms with Crippen molar-refractivity contribution < 1.29 is 18.0 Å². The molecule has 1 aromatic heterocycles. The molecular weight excluding hydrogens is 434 g/mol. The predicted molar refractivity (Wildman–Crippen MR) is 119 cm³/mol. The van der Waals surface area contributed by atoms with Crippen LogP contribution in [0.3, 0.4) is 0 Å². The van der Waals surface area contributed by atoms with Crippen molar-refractivity contribution in [1.29, 1.82) is 0 Å². The second-order valence-electron chi connectivity index (χ2n) is 6.90. The van der Waals surface area contributed by atoms with E-state index < -0.39 is 21.8 Å². The quantitative estimate of drug-likeness (QED) is 0.474. The van der Waals surface area contributed by atoms with Crippen molar-refractivity contribution in [3.8, 4) is 0 Å². The van der Waals surface area contributed by atoms with Crippen LogP contribution in [-0.4, -0.2) is 36.6 Å². The van der Waals surface area contributed by atoms with E-state index in [0.29, 0.717) is 16.3 Å². The van der Waals surface area contributed by atoms with Gasteiger partial charge in [-0.25, -0.2) is 17.8 Å². The van der Waals surface area contributed by atoms with Crippen LogP contribution in [0, 0.1) is 6.92 Å². The van der Waals surface area contributed by atoms with E-state index in [1.807, 2.05) is 0 Å². The van der Waals surface area contributed by atoms with Crippen LogP contribution in [0.15, 0.2) is 52.2 Å². The third kappa shape index (κ3) is 4.53. The number of aromatic nitrogens is 2. The van der Waals surface area contributed by atoms with Gasteiger partial charge < -0.3 is 0 Å². The maximum Gasteiger partial charge on any atom is 0.290 e. The number of sulfonamides is 1. The predicted octanol–water partition coefficient (Wildman–Crippen LogP) is 1.10. The number of rotatable bonds is 6. The monoisotopic (exact) mass is 457 g/mol. The molecule has 2 amide bonds. The van der Waals surface area contributed by atoms with Gasteiger partial charge in [0.05, 0.1) is 10.3 Å². The summed E-state index contributed by atoms with van der Waals surface area (Å²) in [5.74, 6) is -1.41. The third-order valence-electron chi connectivity index (χ3n) is 4.77. The lowest BCUT2D eigenvalue weighted by atomic mass is 10.1. The van der Waals surface area contributed by atoms with E-state index in [2.05, 4.69) is 20.7 Å². The van der Waals surface area contributed by atoms with Gasteiger partial charge in [-0.05, 0) is 37.6 Å². The number of carbonyl (C=O) groups excluding carboxylic acids is 2. The fraction of sp³-hybridized carbons (Fsp3) is 0.238. The summed E-state index contributed by atoms with van der Waals surface area (Å²) in [6.07, 6.45) is 0. The van der Waals surface area contributed by atoms with Crippen LogP contribution >= 0.6 is 0 Å². The lowest BCUT2D eigenvalue weighted by molar-refractivity contribution is 0.0843. The van der Waals surface area contributed by atoms with Crippen LogP contribution in [0.2, 0.25) is 0 Å². The smallest absolute Gasteiger partial charge is 0.267 e. The van der Waals surface area contributed by atoms with Gasteiger partial charge in [0.25, 0.3) is 17.4 Å². The average molecular weight is 458 g/mol. The molecule has 0 spiro atoms. The number of nitrogens with one attached hydrogen (secondary N) is 3. The molecule has 0 unspecified atom stereocenters. The first-order valence-electron chi connectivity index (χ1n) is 9.90. The number of hydrazine groups is 1. The Kier molecular flexibility index (Phi) is 6.70. The fourth-order valence-electron chi connectivity index (χ4n) is 3.14. The summed E-state index contributed by atoms with van der Waals surface area (Å²) < 4.78 is 28.0. The van der Waals surface area contributed by atoms with Crippen molar-refractivity contribution in [2.75, 3.05) is 6.54 Å². The Morgan fingerprint density at radius 2 is 1.66 bits per heavy atom. The van der Waals surface area contributed by atoms with Gasteiger partial charge in [0.15, 0.2) is 5.69 Å². The zero-order chi connectivity index (χ0) is 23.5. The van der Waals surface area contributed by atoms with Gasteiger partial charge in [0.1, 0.15) is 0 Å². The Bertz CT molecular complexity index is 1360. The summed E-state index contributed by atoms with van der Waals surface area (Å²) in [5, 5.41) is 4.79. The molecule has 0 bridgehead atoms. The van der Waals surface area contributed by atoms with Gasteiger partial charge in [-0.2, -0.15) is 5.10 Å². The van der Waals surface area contributed by atoms with Gasteiger partial charge in [-0.1, -0.05) is 31.2 Å². The number of hydrogen-bond acceptors (Lipinski definition) is 6. The summed E-state index contributed by atoms with van der Waals surface area (Å²) in [6, 6.07) is 10.7. The minimum Gasteiger partial charge on any atom is -0.267 e. The number of nitrogens with zero attached hydrogens (tertiary/aromatic N) is 2. The molecule has 0 aliphatic heterocycles. The molecule has 0 fully saturated rings. The first-order chi connectivity index (χ1) is 15.2. The van der Waals surface area contributed by atoms with Crippen LogP contribution in [-0.2, 0) is 16.6 Å². The normalized spacial score (nSPS) is 11.3. The van der Waals surface area contributed by atoms with Crippen molar-refractivity contribution in [3.05, 3.63) is 69.6 Å². The summed E-state index contributed by atoms with van der Waals surface area (Å²) in [5.41, 5.74) is 4.83. The first-order valence-corrected chi connectivity index (χ1v) is 11.4. The standard InChI is InChI=1S/C21H23N5O5S/c1-4-22-32(30,31)14-11-10-13(3)17(12-14)19(27)23-24-20(28)18-15-8-6-7-9-16(15)21(29)26(5-2)25-18/h6-12,22H,4-5H2,1-3H3,(H,23,27)(H,24,28). The van der Waals surface area contributed by atoms with E-state index in [4.69, 9.17) is 0 Å². The van der Waals surface area contributed by atoms with Crippen molar-refractivity contribution in [2.24, 2.45) is 0 Å². The highest BCUT2D eigenvalue weighted by molar-refractivity contribution is 7.89. The average Bonchev–Trinajstić information content (AvgIpc) is 2.77. The molecule has 3 N–H and O–H groups in total. The molecule has 168 valence electrons. The summed E-state index contributed by atoms with van der Waals surface area (Å²) in [4.78, 5) is 37.8. The Morgan fingerprint density at radius 1 is 1.00 bits per heavy atom. The van der Waals surface area contributed by atoms with Crippen molar-refractivity contribution in [2.45, 2.75) is 32.2 Å². The second kappa shape index (κ2) is 9.28. The molecule has 0 saturated heterocycles. The zero-order valence-electron chi connectivity index (χ0n) is 17.8. The largest absolute Gasteiger partial charge is 0.290 e. The van der Waals surface area contributed by atoms with Crippen LogP contribution < -0.4 is 21.1 Å². The van der Waals surface area contributed by atoms with E-state index in [1.165, 1.54) is 18.2 Å². The number of benzene rings is 2. The molecule has 0 aliphatic carbocycles. The molecule has 11 heteroatoms. The molecule has 2 aromatic carbocycles. The molecular formula is C21H23N5O5S. The SMILES string of the molecule is CCNS(=O)(=O)c1ccc(C)c(C(=O)NNC(=O)c2nn(CC)c(=O)c3ccccc23)c1. The van der Waals surface area contributed by atoms with Gasteiger partial charge in [-0.3, -0.25) is 25.2 Å². The van der Waals surface area contributed by atoms with E-state index >= 15 is 0 Å². The third-order valence-corrected chi connectivity index (χ3v) is 6.31. The molecule has 0 radical (unpaired) electrons. The Hall–Kier alpha value is -3.57. The van der Waals surface area contributed by atoms with Crippen molar-refractivity contribution in [3.63, 3.8) is 0 Å². The number of fused-ring (bicyclic) bond motifs is 1. The number of amides is 2. The highest BCUT2D eigenvalue weighted by Gasteiger charge is 2.20. The number of carbonyl (C=O) groups is 2. The highest BCUT2D eigenvalue weighted by atomic mass is 32.2. The van der Waals surface area contributed by atoms with E-state index in [9.17, 15) is 22.8 Å². The van der Waals surface area contributed by atoms with Crippen LogP contribution in [0.5, 0.6) is 0 Å². The molecule has 32 heavy (non-hydrogen) atoms. The highest BCUT2D eigenvalue weighted by Crippen LogP contribution is 2.16. The molecule has 1 heterocycles. The van der Waals surface area contributed by atoms with E-state index in [1.54, 1.807) is 45.0 Å². The minimum atomic E-state index is -3.75. The minimum absolute atomic E-state index is 0.0254. The maximum atomic E-state index is 12.8. The Morgan fingerprint density at radius 3 is 2.31 bits per heavy atom. The van der Waals surface area contributed by atoms with Gasteiger partial charge >= 0.3 is 0 Å². The molecule has 10 nitrogen and oxygen atoms in total. The van der Waals surface area contributed by atoms with Crippen molar-refractivity contribution >= 4 is 32.6 Å². The maximum absolute atomic E-state index is 12.8. The Labute approximate surface area is 184 Å². The number of aryl methyl sites for hydroxylation is 2. The molecule has 3 rings (SSSR count). The van der Waals surface area contributed by atoms with E-state index in [0.717, 1.165) is 4.68 Å². The van der Waals surface area contributed by atoms with Crippen LogP contribution in [0.4, 0.5) is 0 Å². The molecule has 0 saturated carbocycles. The van der Waals surface area contributed by atoms with Crippen LogP contribution in [0.25, 0.3) is 10.8 Å².